The number of esters is 1. The smallest absolute Gasteiger partial charge is 0.357 e. The van der Waals surface area contributed by atoms with Gasteiger partial charge in [0.2, 0.25) is 0 Å². The van der Waals surface area contributed by atoms with Crippen LogP contribution in [0.3, 0.4) is 0 Å². The van der Waals surface area contributed by atoms with Crippen LogP contribution < -0.4 is 5.32 Å². The third-order valence-corrected chi connectivity index (χ3v) is 3.71. The predicted molar refractivity (Wildman–Crippen MR) is 75.9 cm³/mol. The molecule has 6 heteroatoms. The fourth-order valence-corrected chi connectivity index (χ4v) is 2.42. The molecule has 0 aliphatic carbocycles. The lowest BCUT2D eigenvalue weighted by Gasteiger charge is -2.04. The Labute approximate surface area is 116 Å². The van der Waals surface area contributed by atoms with Crippen LogP contribution >= 0.6 is 33.9 Å². The topological polar surface area (TPSA) is 51.2 Å². The zero-order chi connectivity index (χ0) is 12.3. The SMILES string of the molecule is COC(=O)c1csc(Nc2ccccc2I)n1. The molecule has 17 heavy (non-hydrogen) atoms. The van der Waals surface area contributed by atoms with Crippen LogP contribution in [0.1, 0.15) is 10.5 Å². The molecule has 1 N–H and O–H groups in total. The van der Waals surface area contributed by atoms with Gasteiger partial charge in [0, 0.05) is 8.95 Å². The van der Waals surface area contributed by atoms with E-state index in [1.54, 1.807) is 5.38 Å². The van der Waals surface area contributed by atoms with E-state index in [-0.39, 0.29) is 0 Å². The second kappa shape index (κ2) is 5.46. The molecule has 0 saturated carbocycles. The fourth-order valence-electron chi connectivity index (χ4n) is 1.21. The number of carbonyl (C=O) groups is 1. The van der Waals surface area contributed by atoms with E-state index in [0.29, 0.717) is 10.8 Å². The quantitative estimate of drug-likeness (QED) is 0.674. The van der Waals surface area contributed by atoms with Gasteiger partial charge in [0.05, 0.1) is 12.8 Å². The Balaban J connectivity index is 2.17. The van der Waals surface area contributed by atoms with Crippen molar-refractivity contribution in [3.8, 4) is 0 Å². The van der Waals surface area contributed by atoms with Gasteiger partial charge >= 0.3 is 5.97 Å². The van der Waals surface area contributed by atoms with Crippen LogP contribution in [0.25, 0.3) is 0 Å². The molecule has 88 valence electrons. The first-order valence-electron chi connectivity index (χ1n) is 4.76. The zero-order valence-electron chi connectivity index (χ0n) is 8.94. The van der Waals surface area contributed by atoms with Crippen LogP contribution in [0.5, 0.6) is 0 Å². The number of benzene rings is 1. The number of aromatic nitrogens is 1. The van der Waals surface area contributed by atoms with E-state index in [4.69, 9.17) is 0 Å². The van der Waals surface area contributed by atoms with Gasteiger partial charge in [0.1, 0.15) is 0 Å². The molecule has 0 bridgehead atoms. The Kier molecular flexibility index (Phi) is 3.95. The summed E-state index contributed by atoms with van der Waals surface area (Å²) in [5.41, 5.74) is 1.30. The summed E-state index contributed by atoms with van der Waals surface area (Å²) in [6.07, 6.45) is 0. The normalized spacial score (nSPS) is 10.0. The van der Waals surface area contributed by atoms with Gasteiger partial charge in [-0.15, -0.1) is 11.3 Å². The molecule has 0 saturated heterocycles. The van der Waals surface area contributed by atoms with Crippen LogP contribution in [0.2, 0.25) is 0 Å². The van der Waals surface area contributed by atoms with E-state index in [1.165, 1.54) is 18.4 Å². The van der Waals surface area contributed by atoms with Crippen LogP contribution in [0.15, 0.2) is 29.6 Å². The molecule has 2 rings (SSSR count). The summed E-state index contributed by atoms with van der Waals surface area (Å²) >= 11 is 3.61. The standard InChI is InChI=1S/C11H9IN2O2S/c1-16-10(15)9-6-17-11(14-9)13-8-5-3-2-4-7(8)12/h2-6H,1H3,(H,13,14). The van der Waals surface area contributed by atoms with Crippen molar-refractivity contribution in [2.24, 2.45) is 0 Å². The second-order valence-electron chi connectivity index (χ2n) is 3.13. The lowest BCUT2D eigenvalue weighted by atomic mass is 10.3. The first-order chi connectivity index (χ1) is 8.20. The molecule has 0 atom stereocenters. The van der Waals surface area contributed by atoms with Crippen molar-refractivity contribution in [1.29, 1.82) is 0 Å². The largest absolute Gasteiger partial charge is 0.464 e. The van der Waals surface area contributed by atoms with Gasteiger partial charge in [-0.3, -0.25) is 0 Å². The third kappa shape index (κ3) is 2.95. The summed E-state index contributed by atoms with van der Waals surface area (Å²) in [7, 11) is 1.34. The number of para-hydroxylation sites is 1. The van der Waals surface area contributed by atoms with Crippen molar-refractivity contribution in [2.45, 2.75) is 0 Å². The van der Waals surface area contributed by atoms with Crippen LogP contribution in [0, 0.1) is 3.57 Å². The lowest BCUT2D eigenvalue weighted by molar-refractivity contribution is 0.0595. The summed E-state index contributed by atoms with van der Waals surface area (Å²) in [5.74, 6) is -0.419. The summed E-state index contributed by atoms with van der Waals surface area (Å²) in [4.78, 5) is 15.4. The average Bonchev–Trinajstić information content (AvgIpc) is 2.80. The molecule has 0 unspecified atom stereocenters. The molecular weight excluding hydrogens is 351 g/mol. The van der Waals surface area contributed by atoms with Crippen molar-refractivity contribution in [3.05, 3.63) is 38.9 Å². The minimum Gasteiger partial charge on any atom is -0.464 e. The van der Waals surface area contributed by atoms with Crippen molar-refractivity contribution < 1.29 is 9.53 Å². The minimum absolute atomic E-state index is 0.325. The molecule has 4 nitrogen and oxygen atoms in total. The summed E-state index contributed by atoms with van der Waals surface area (Å²) in [5, 5.41) is 5.51. The number of carbonyl (C=O) groups excluding carboxylic acids is 1. The van der Waals surface area contributed by atoms with E-state index in [2.05, 4.69) is 37.6 Å². The van der Waals surface area contributed by atoms with Gasteiger partial charge in [-0.1, -0.05) is 12.1 Å². The van der Waals surface area contributed by atoms with Gasteiger partial charge < -0.3 is 10.1 Å². The number of hydrogen-bond donors (Lipinski definition) is 1. The van der Waals surface area contributed by atoms with E-state index in [0.717, 1.165) is 9.26 Å². The Morgan fingerprint density at radius 1 is 1.47 bits per heavy atom. The maximum atomic E-state index is 11.2. The summed E-state index contributed by atoms with van der Waals surface area (Å²) in [6, 6.07) is 7.87. The molecule has 0 spiro atoms. The molecule has 1 aromatic heterocycles. The van der Waals surface area contributed by atoms with Gasteiger partial charge in [-0.25, -0.2) is 9.78 Å². The van der Waals surface area contributed by atoms with Crippen molar-refractivity contribution in [3.63, 3.8) is 0 Å². The van der Waals surface area contributed by atoms with Crippen molar-refractivity contribution >= 4 is 50.7 Å². The molecule has 0 fully saturated rings. The molecule has 0 radical (unpaired) electrons. The number of rotatable bonds is 3. The fraction of sp³-hybridized carbons (Fsp3) is 0.0909. The molecule has 2 aromatic rings. The number of ether oxygens (including phenoxy) is 1. The Morgan fingerprint density at radius 2 is 2.24 bits per heavy atom. The monoisotopic (exact) mass is 360 g/mol. The second-order valence-corrected chi connectivity index (χ2v) is 5.15. The number of methoxy groups -OCH3 is 1. The van der Waals surface area contributed by atoms with Crippen LogP contribution in [0.4, 0.5) is 10.8 Å². The van der Waals surface area contributed by atoms with Crippen molar-refractivity contribution in [2.75, 3.05) is 12.4 Å². The van der Waals surface area contributed by atoms with Gasteiger partial charge in [-0.05, 0) is 34.7 Å². The summed E-state index contributed by atoms with van der Waals surface area (Å²) < 4.78 is 5.70. The average molecular weight is 360 g/mol. The lowest BCUT2D eigenvalue weighted by Crippen LogP contribution is -2.01. The van der Waals surface area contributed by atoms with E-state index >= 15 is 0 Å². The Hall–Kier alpha value is -1.15. The number of hydrogen-bond acceptors (Lipinski definition) is 5. The van der Waals surface area contributed by atoms with Gasteiger partial charge in [0.25, 0.3) is 0 Å². The van der Waals surface area contributed by atoms with Crippen LogP contribution in [-0.4, -0.2) is 18.1 Å². The molecule has 1 aromatic carbocycles. The summed E-state index contributed by atoms with van der Waals surface area (Å²) in [6.45, 7) is 0. The molecule has 0 aliphatic heterocycles. The Morgan fingerprint density at radius 3 is 2.94 bits per heavy atom. The highest BCUT2D eigenvalue weighted by molar-refractivity contribution is 14.1. The number of anilines is 2. The predicted octanol–water partition coefficient (Wildman–Crippen LogP) is 3.28. The molecular formula is C11H9IN2O2S. The molecule has 0 aliphatic rings. The van der Waals surface area contributed by atoms with E-state index in [1.807, 2.05) is 24.3 Å². The molecule has 1 heterocycles. The van der Waals surface area contributed by atoms with E-state index in [9.17, 15) is 4.79 Å². The van der Waals surface area contributed by atoms with Crippen molar-refractivity contribution in [1.82, 2.24) is 4.98 Å². The minimum atomic E-state index is -0.419. The van der Waals surface area contributed by atoms with Crippen LogP contribution in [-0.2, 0) is 4.74 Å². The first kappa shape index (κ1) is 12.3. The highest BCUT2D eigenvalue weighted by Gasteiger charge is 2.11. The van der Waals surface area contributed by atoms with Gasteiger partial charge in [0.15, 0.2) is 10.8 Å². The molecule has 0 amide bonds. The third-order valence-electron chi connectivity index (χ3n) is 2.01. The number of halogens is 1. The maximum absolute atomic E-state index is 11.2. The Bertz CT molecular complexity index is 542. The van der Waals surface area contributed by atoms with E-state index < -0.39 is 5.97 Å². The highest BCUT2D eigenvalue weighted by atomic mass is 127. The number of nitrogens with zero attached hydrogens (tertiary/aromatic N) is 1. The number of nitrogens with one attached hydrogen (secondary N) is 1. The highest BCUT2D eigenvalue weighted by Crippen LogP contribution is 2.24. The first-order valence-corrected chi connectivity index (χ1v) is 6.72. The zero-order valence-corrected chi connectivity index (χ0v) is 11.9. The number of thiazole rings is 1. The van der Waals surface area contributed by atoms with Gasteiger partial charge in [-0.2, -0.15) is 0 Å². The maximum Gasteiger partial charge on any atom is 0.357 e.